The number of likely N-dealkylation sites (tertiary alicyclic amines) is 1. The third-order valence-corrected chi connectivity index (χ3v) is 2.72. The van der Waals surface area contributed by atoms with Crippen LogP contribution < -0.4 is 0 Å². The highest BCUT2D eigenvalue weighted by Crippen LogP contribution is 2.19. The van der Waals surface area contributed by atoms with E-state index >= 15 is 0 Å². The molecule has 2 unspecified atom stereocenters. The van der Waals surface area contributed by atoms with Gasteiger partial charge in [0.25, 0.3) is 0 Å². The normalized spacial score (nSPS) is 25.3. The van der Waals surface area contributed by atoms with Crippen LogP contribution in [0.15, 0.2) is 0 Å². The van der Waals surface area contributed by atoms with Crippen LogP contribution in [-0.4, -0.2) is 35.7 Å². The third kappa shape index (κ3) is 3.38. The van der Waals surface area contributed by atoms with Crippen molar-refractivity contribution in [3.8, 4) is 11.8 Å². The van der Waals surface area contributed by atoms with Gasteiger partial charge < -0.3 is 10.0 Å². The summed E-state index contributed by atoms with van der Waals surface area (Å²) in [5.74, 6) is 6.45. The molecule has 0 radical (unpaired) electrons. The van der Waals surface area contributed by atoms with Gasteiger partial charge in [-0.1, -0.05) is 0 Å². The van der Waals surface area contributed by atoms with E-state index in [1.807, 2.05) is 13.8 Å². The maximum Gasteiger partial charge on any atom is 0.0552 e. The number of hydrogen-bond donors (Lipinski definition) is 1. The Bertz CT molecular complexity index is 202. The lowest BCUT2D eigenvalue weighted by atomic mass is 10.0. The molecule has 0 aromatic rings. The van der Waals surface area contributed by atoms with Crippen molar-refractivity contribution < 1.29 is 5.11 Å². The SMILES string of the molecule is CC#CCCN1CCC(C(C)O)C1. The van der Waals surface area contributed by atoms with Crippen LogP contribution in [0.3, 0.4) is 0 Å². The third-order valence-electron chi connectivity index (χ3n) is 2.72. The van der Waals surface area contributed by atoms with Crippen molar-refractivity contribution in [2.75, 3.05) is 19.6 Å². The van der Waals surface area contributed by atoms with Gasteiger partial charge in [0.15, 0.2) is 0 Å². The highest BCUT2D eigenvalue weighted by Gasteiger charge is 2.24. The Morgan fingerprint density at radius 2 is 2.38 bits per heavy atom. The van der Waals surface area contributed by atoms with Crippen LogP contribution >= 0.6 is 0 Å². The molecule has 74 valence electrons. The largest absolute Gasteiger partial charge is 0.393 e. The summed E-state index contributed by atoms with van der Waals surface area (Å²) in [5.41, 5.74) is 0. The summed E-state index contributed by atoms with van der Waals surface area (Å²) in [6.45, 7) is 7.00. The van der Waals surface area contributed by atoms with Crippen molar-refractivity contribution in [1.29, 1.82) is 0 Å². The van der Waals surface area contributed by atoms with Crippen LogP contribution in [0, 0.1) is 17.8 Å². The zero-order valence-electron chi connectivity index (χ0n) is 8.58. The molecule has 1 saturated heterocycles. The van der Waals surface area contributed by atoms with Crippen molar-refractivity contribution in [2.24, 2.45) is 5.92 Å². The zero-order chi connectivity index (χ0) is 9.68. The molecule has 2 nitrogen and oxygen atoms in total. The molecule has 1 aliphatic heterocycles. The number of hydrogen-bond acceptors (Lipinski definition) is 2. The first-order valence-corrected chi connectivity index (χ1v) is 5.04. The second-order valence-corrected chi connectivity index (χ2v) is 3.77. The molecule has 2 atom stereocenters. The van der Waals surface area contributed by atoms with E-state index in [0.29, 0.717) is 5.92 Å². The lowest BCUT2D eigenvalue weighted by Gasteiger charge is -2.15. The van der Waals surface area contributed by atoms with E-state index in [1.165, 1.54) is 0 Å². The molecule has 1 aliphatic rings. The molecule has 0 saturated carbocycles. The fourth-order valence-corrected chi connectivity index (χ4v) is 1.80. The summed E-state index contributed by atoms with van der Waals surface area (Å²) >= 11 is 0. The van der Waals surface area contributed by atoms with Gasteiger partial charge >= 0.3 is 0 Å². The van der Waals surface area contributed by atoms with E-state index in [1.54, 1.807) is 0 Å². The number of nitrogens with zero attached hydrogens (tertiary/aromatic N) is 1. The Hall–Kier alpha value is -0.520. The van der Waals surface area contributed by atoms with Crippen LogP contribution in [0.5, 0.6) is 0 Å². The molecule has 0 amide bonds. The Labute approximate surface area is 80.9 Å². The Kier molecular flexibility index (Phi) is 4.27. The molecule has 1 heterocycles. The fraction of sp³-hybridized carbons (Fsp3) is 0.818. The molecular weight excluding hydrogens is 162 g/mol. The van der Waals surface area contributed by atoms with Gasteiger partial charge in [0, 0.05) is 19.5 Å². The minimum Gasteiger partial charge on any atom is -0.393 e. The van der Waals surface area contributed by atoms with Gasteiger partial charge in [0.2, 0.25) is 0 Å². The molecule has 0 aromatic heterocycles. The first-order chi connectivity index (χ1) is 6.24. The predicted octanol–water partition coefficient (Wildman–Crippen LogP) is 1.10. The summed E-state index contributed by atoms with van der Waals surface area (Å²) in [4.78, 5) is 2.39. The maximum absolute atomic E-state index is 9.39. The number of aliphatic hydroxyl groups is 1. The monoisotopic (exact) mass is 181 g/mol. The Morgan fingerprint density at radius 1 is 1.62 bits per heavy atom. The number of rotatable bonds is 3. The second-order valence-electron chi connectivity index (χ2n) is 3.77. The lowest BCUT2D eigenvalue weighted by molar-refractivity contribution is 0.128. The summed E-state index contributed by atoms with van der Waals surface area (Å²) < 4.78 is 0. The molecule has 0 aliphatic carbocycles. The van der Waals surface area contributed by atoms with E-state index in [2.05, 4.69) is 16.7 Å². The first kappa shape index (κ1) is 10.6. The predicted molar refractivity (Wildman–Crippen MR) is 54.3 cm³/mol. The van der Waals surface area contributed by atoms with Gasteiger partial charge in [-0.15, -0.1) is 11.8 Å². The van der Waals surface area contributed by atoms with E-state index < -0.39 is 0 Å². The second kappa shape index (κ2) is 5.26. The summed E-state index contributed by atoms with van der Waals surface area (Å²) in [6.07, 6.45) is 1.95. The molecule has 0 bridgehead atoms. The molecule has 1 fully saturated rings. The topological polar surface area (TPSA) is 23.5 Å². The summed E-state index contributed by atoms with van der Waals surface area (Å²) in [7, 11) is 0. The molecular formula is C11H19NO. The maximum atomic E-state index is 9.39. The minimum absolute atomic E-state index is 0.151. The highest BCUT2D eigenvalue weighted by atomic mass is 16.3. The van der Waals surface area contributed by atoms with Crippen LogP contribution in [0.25, 0.3) is 0 Å². The van der Waals surface area contributed by atoms with Gasteiger partial charge in [-0.05, 0) is 32.7 Å². The molecule has 1 rings (SSSR count). The fourth-order valence-electron chi connectivity index (χ4n) is 1.80. The van der Waals surface area contributed by atoms with Crippen molar-refractivity contribution in [3.05, 3.63) is 0 Å². The number of aliphatic hydroxyl groups excluding tert-OH is 1. The highest BCUT2D eigenvalue weighted by molar-refractivity contribution is 4.95. The van der Waals surface area contributed by atoms with Crippen molar-refractivity contribution >= 4 is 0 Å². The average molecular weight is 181 g/mol. The van der Waals surface area contributed by atoms with E-state index in [4.69, 9.17) is 0 Å². The van der Waals surface area contributed by atoms with Gasteiger partial charge in [-0.25, -0.2) is 0 Å². The van der Waals surface area contributed by atoms with Gasteiger partial charge in [0.1, 0.15) is 0 Å². The first-order valence-electron chi connectivity index (χ1n) is 5.04. The van der Waals surface area contributed by atoms with Gasteiger partial charge in [-0.3, -0.25) is 0 Å². The molecule has 0 spiro atoms. The van der Waals surface area contributed by atoms with Crippen LogP contribution in [-0.2, 0) is 0 Å². The molecule has 2 heteroatoms. The van der Waals surface area contributed by atoms with E-state index in [9.17, 15) is 5.11 Å². The smallest absolute Gasteiger partial charge is 0.0552 e. The van der Waals surface area contributed by atoms with Crippen LogP contribution in [0.2, 0.25) is 0 Å². The van der Waals surface area contributed by atoms with Crippen molar-refractivity contribution in [1.82, 2.24) is 4.90 Å². The van der Waals surface area contributed by atoms with Gasteiger partial charge in [-0.2, -0.15) is 0 Å². The van der Waals surface area contributed by atoms with Crippen molar-refractivity contribution in [2.45, 2.75) is 32.8 Å². The average Bonchev–Trinajstić information content (AvgIpc) is 2.53. The van der Waals surface area contributed by atoms with Gasteiger partial charge in [0.05, 0.1) is 6.10 Å². The quantitative estimate of drug-likeness (QED) is 0.659. The van der Waals surface area contributed by atoms with Crippen LogP contribution in [0.1, 0.15) is 26.7 Å². The Morgan fingerprint density at radius 3 is 2.92 bits per heavy atom. The van der Waals surface area contributed by atoms with Crippen molar-refractivity contribution in [3.63, 3.8) is 0 Å². The molecule has 0 aromatic carbocycles. The lowest BCUT2D eigenvalue weighted by Crippen LogP contribution is -2.24. The van der Waals surface area contributed by atoms with E-state index in [0.717, 1.165) is 32.5 Å². The van der Waals surface area contributed by atoms with Crippen LogP contribution in [0.4, 0.5) is 0 Å². The summed E-state index contributed by atoms with van der Waals surface area (Å²) in [5, 5.41) is 9.39. The Balaban J connectivity index is 2.20. The zero-order valence-corrected chi connectivity index (χ0v) is 8.58. The van der Waals surface area contributed by atoms with E-state index in [-0.39, 0.29) is 6.10 Å². The summed E-state index contributed by atoms with van der Waals surface area (Å²) in [6, 6.07) is 0. The molecule has 1 N–H and O–H groups in total. The minimum atomic E-state index is -0.151. The molecule has 13 heavy (non-hydrogen) atoms. The standard InChI is InChI=1S/C11H19NO/c1-3-4-5-7-12-8-6-11(9-12)10(2)13/h10-11,13H,5-9H2,1-2H3.